The molecule has 2 heterocycles. The highest BCUT2D eigenvalue weighted by Crippen LogP contribution is 2.57. The van der Waals surface area contributed by atoms with Crippen LogP contribution in [0.25, 0.3) is 0 Å². The first-order valence-corrected chi connectivity index (χ1v) is 12.4. The van der Waals surface area contributed by atoms with Crippen LogP contribution in [0.2, 0.25) is 0 Å². The number of esters is 1. The Labute approximate surface area is 218 Å². The van der Waals surface area contributed by atoms with Gasteiger partial charge in [0, 0.05) is 11.1 Å². The number of amides is 2. The number of carbonyl (C=O) groups excluding carboxylic acids is 5. The minimum Gasteiger partial charge on any atom is -0.462 e. The van der Waals surface area contributed by atoms with Crippen molar-refractivity contribution in [3.8, 4) is 0 Å². The number of rotatable bonds is 4. The predicted octanol–water partition coefficient (Wildman–Crippen LogP) is 3.87. The molecule has 0 radical (unpaired) electrons. The third-order valence-electron chi connectivity index (χ3n) is 7.56. The lowest BCUT2D eigenvalue weighted by Gasteiger charge is -2.27. The summed E-state index contributed by atoms with van der Waals surface area (Å²) in [5.74, 6) is -5.38. The first-order valence-electron chi connectivity index (χ1n) is 12.4. The third kappa shape index (κ3) is 3.16. The maximum absolute atomic E-state index is 13.9. The molecule has 0 saturated carbocycles. The van der Waals surface area contributed by atoms with E-state index in [2.05, 4.69) is 0 Å². The summed E-state index contributed by atoms with van der Waals surface area (Å²) in [5, 5.41) is 0. The topological polar surface area (TPSA) is 107 Å². The zero-order valence-corrected chi connectivity index (χ0v) is 20.7. The van der Waals surface area contributed by atoms with Crippen LogP contribution in [-0.2, 0) is 19.1 Å². The molecule has 2 aliphatic heterocycles. The minimum atomic E-state index is -2.15. The summed E-state index contributed by atoms with van der Waals surface area (Å²) in [6, 6.07) is 19.5. The molecule has 3 unspecified atom stereocenters. The Balaban J connectivity index is 1.48. The average molecular weight is 510 g/mol. The van der Waals surface area contributed by atoms with Crippen molar-refractivity contribution in [1.29, 1.82) is 0 Å². The van der Waals surface area contributed by atoms with Gasteiger partial charge in [0.2, 0.25) is 29.0 Å². The number of ketones is 2. The fourth-order valence-electron chi connectivity index (χ4n) is 5.79. The SMILES string of the molecule is CCOC(=O)c1ccc(C2OC3(C(=O)c4ccccc4C3=O)C3C(=O)N(c4ccc(C)cc4)C(=O)C23)cc1. The summed E-state index contributed by atoms with van der Waals surface area (Å²) in [4.78, 5) is 68.7. The summed E-state index contributed by atoms with van der Waals surface area (Å²) in [7, 11) is 0. The molecule has 8 nitrogen and oxygen atoms in total. The standard InChI is InChI=1S/C30H23NO7/c1-3-37-29(36)18-12-10-17(11-13-18)24-22-23(28(35)31(27(22)34)19-14-8-16(2)9-15-19)30(38-24)25(32)20-6-4-5-7-21(20)26(30)33/h4-15,22-24H,3H2,1-2H3. The van der Waals surface area contributed by atoms with Crippen molar-refractivity contribution in [3.63, 3.8) is 0 Å². The zero-order valence-electron chi connectivity index (χ0n) is 20.7. The van der Waals surface area contributed by atoms with Crippen LogP contribution < -0.4 is 4.90 Å². The molecular weight excluding hydrogens is 486 g/mol. The van der Waals surface area contributed by atoms with Crippen LogP contribution in [0.3, 0.4) is 0 Å². The Kier molecular flexibility index (Phi) is 5.39. The van der Waals surface area contributed by atoms with Crippen molar-refractivity contribution in [2.75, 3.05) is 11.5 Å². The lowest BCUT2D eigenvalue weighted by atomic mass is 9.77. The highest BCUT2D eigenvalue weighted by molar-refractivity contribution is 6.37. The number of benzene rings is 3. The quantitative estimate of drug-likeness (QED) is 0.299. The first kappa shape index (κ1) is 23.9. The van der Waals surface area contributed by atoms with Crippen LogP contribution in [0.5, 0.6) is 0 Å². The van der Waals surface area contributed by atoms with Gasteiger partial charge in [0.25, 0.3) is 0 Å². The minimum absolute atomic E-state index is 0.170. The van der Waals surface area contributed by atoms with E-state index in [0.29, 0.717) is 16.8 Å². The maximum Gasteiger partial charge on any atom is 0.338 e. The van der Waals surface area contributed by atoms with Crippen molar-refractivity contribution < 1.29 is 33.4 Å². The van der Waals surface area contributed by atoms with E-state index in [1.54, 1.807) is 55.5 Å². The number of carbonyl (C=O) groups is 5. The molecule has 8 heteroatoms. The highest BCUT2D eigenvalue weighted by Gasteiger charge is 2.74. The summed E-state index contributed by atoms with van der Waals surface area (Å²) < 4.78 is 11.3. The van der Waals surface area contributed by atoms with Crippen molar-refractivity contribution in [3.05, 3.63) is 101 Å². The number of hydrogen-bond acceptors (Lipinski definition) is 7. The molecule has 3 aromatic carbocycles. The number of Topliss-reactive ketones (excluding diaryl/α,β-unsaturated/α-hetero) is 2. The van der Waals surface area contributed by atoms with Gasteiger partial charge in [0.05, 0.1) is 35.8 Å². The van der Waals surface area contributed by atoms with Crippen molar-refractivity contribution in [1.82, 2.24) is 0 Å². The fourth-order valence-corrected chi connectivity index (χ4v) is 5.79. The number of hydrogen-bond donors (Lipinski definition) is 0. The lowest BCUT2D eigenvalue weighted by molar-refractivity contribution is -0.127. The molecule has 3 aliphatic rings. The average Bonchev–Trinajstić information content (AvgIpc) is 3.49. The van der Waals surface area contributed by atoms with Crippen LogP contribution in [0.15, 0.2) is 72.8 Å². The maximum atomic E-state index is 13.9. The molecule has 6 rings (SSSR count). The Hall–Kier alpha value is -4.43. The van der Waals surface area contributed by atoms with Crippen LogP contribution in [-0.4, -0.2) is 41.6 Å². The van der Waals surface area contributed by atoms with E-state index < -0.39 is 52.9 Å². The smallest absolute Gasteiger partial charge is 0.338 e. The molecule has 2 fully saturated rings. The molecule has 2 amide bonds. The second kappa shape index (κ2) is 8.56. The Morgan fingerprint density at radius 3 is 2.05 bits per heavy atom. The van der Waals surface area contributed by atoms with E-state index >= 15 is 0 Å². The predicted molar refractivity (Wildman–Crippen MR) is 135 cm³/mol. The molecule has 3 aromatic rings. The summed E-state index contributed by atoms with van der Waals surface area (Å²) in [5.41, 5.74) is 0.271. The molecule has 1 aliphatic carbocycles. The molecule has 190 valence electrons. The second-order valence-electron chi connectivity index (χ2n) is 9.67. The van der Waals surface area contributed by atoms with Gasteiger partial charge in [-0.2, -0.15) is 0 Å². The Morgan fingerprint density at radius 2 is 1.47 bits per heavy atom. The van der Waals surface area contributed by atoms with Gasteiger partial charge in [-0.25, -0.2) is 9.69 Å². The fraction of sp³-hybridized carbons (Fsp3) is 0.233. The van der Waals surface area contributed by atoms with Gasteiger partial charge >= 0.3 is 5.97 Å². The van der Waals surface area contributed by atoms with Crippen LogP contribution in [0.1, 0.15) is 55.2 Å². The molecule has 38 heavy (non-hydrogen) atoms. The molecule has 0 aromatic heterocycles. The Bertz CT molecular complexity index is 1490. The van der Waals surface area contributed by atoms with Gasteiger partial charge in [-0.3, -0.25) is 19.2 Å². The lowest BCUT2D eigenvalue weighted by Crippen LogP contribution is -2.51. The Morgan fingerprint density at radius 1 is 0.868 bits per heavy atom. The van der Waals surface area contributed by atoms with Crippen molar-refractivity contribution >= 4 is 35.0 Å². The molecule has 2 saturated heterocycles. The van der Waals surface area contributed by atoms with E-state index in [1.165, 1.54) is 24.3 Å². The van der Waals surface area contributed by atoms with Crippen molar-refractivity contribution in [2.24, 2.45) is 11.8 Å². The second-order valence-corrected chi connectivity index (χ2v) is 9.67. The number of aryl methyl sites for hydroxylation is 1. The number of imide groups is 1. The van der Waals surface area contributed by atoms with Gasteiger partial charge in [0.15, 0.2) is 0 Å². The van der Waals surface area contributed by atoms with Crippen LogP contribution >= 0.6 is 0 Å². The van der Waals surface area contributed by atoms with Gasteiger partial charge in [0.1, 0.15) is 0 Å². The van der Waals surface area contributed by atoms with E-state index in [-0.39, 0.29) is 17.7 Å². The number of anilines is 1. The summed E-state index contributed by atoms with van der Waals surface area (Å²) in [6.07, 6.45) is -1.06. The highest BCUT2D eigenvalue weighted by atomic mass is 16.5. The van der Waals surface area contributed by atoms with Crippen LogP contribution in [0, 0.1) is 18.8 Å². The van der Waals surface area contributed by atoms with Crippen LogP contribution in [0.4, 0.5) is 5.69 Å². The molecule has 0 N–H and O–H groups in total. The summed E-state index contributed by atoms with van der Waals surface area (Å²) in [6.45, 7) is 3.81. The van der Waals surface area contributed by atoms with Gasteiger partial charge in [-0.05, 0) is 43.7 Å². The molecule has 0 bridgehead atoms. The van der Waals surface area contributed by atoms with Crippen molar-refractivity contribution in [2.45, 2.75) is 25.6 Å². The van der Waals surface area contributed by atoms with E-state index in [9.17, 15) is 24.0 Å². The third-order valence-corrected chi connectivity index (χ3v) is 7.56. The number of fused-ring (bicyclic) bond motifs is 3. The normalized spacial score (nSPS) is 23.2. The van der Waals surface area contributed by atoms with Gasteiger partial charge in [-0.15, -0.1) is 0 Å². The van der Waals surface area contributed by atoms with E-state index in [4.69, 9.17) is 9.47 Å². The number of nitrogens with zero attached hydrogens (tertiary/aromatic N) is 1. The first-order chi connectivity index (χ1) is 18.3. The van der Waals surface area contributed by atoms with E-state index in [0.717, 1.165) is 10.5 Å². The molecular formula is C30H23NO7. The molecule has 1 spiro atoms. The zero-order chi connectivity index (χ0) is 26.8. The van der Waals surface area contributed by atoms with E-state index in [1.807, 2.05) is 6.92 Å². The molecule has 3 atom stereocenters. The largest absolute Gasteiger partial charge is 0.462 e. The van der Waals surface area contributed by atoms with Gasteiger partial charge < -0.3 is 9.47 Å². The summed E-state index contributed by atoms with van der Waals surface area (Å²) >= 11 is 0. The van der Waals surface area contributed by atoms with Gasteiger partial charge in [-0.1, -0.05) is 54.1 Å². The number of ether oxygens (including phenoxy) is 2. The monoisotopic (exact) mass is 509 g/mol.